The molecular formula is C22H17Cl3N2O3. The van der Waals surface area contributed by atoms with Crippen LogP contribution in [0.3, 0.4) is 0 Å². The van der Waals surface area contributed by atoms with Crippen molar-refractivity contribution in [3.8, 4) is 0 Å². The van der Waals surface area contributed by atoms with Crippen LogP contribution in [0, 0.1) is 6.92 Å². The molecule has 0 N–H and O–H groups in total. The number of esters is 1. The molecule has 0 aliphatic rings. The molecule has 0 amide bonds. The van der Waals surface area contributed by atoms with Gasteiger partial charge >= 0.3 is 5.97 Å². The van der Waals surface area contributed by atoms with Gasteiger partial charge in [0.05, 0.1) is 12.2 Å². The number of aromatic nitrogens is 2. The standard InChI is InChI=1S/C22H17Cl3N2O3/c1-14-18(9-10-21(29)30-13-20(28)15-5-3-2-4-6-15)22(25)27(26-14)12-16-7-8-17(23)11-19(16)24/h2-11H,12-13H2,1H3. The van der Waals surface area contributed by atoms with E-state index in [0.29, 0.717) is 38.6 Å². The molecule has 0 atom stereocenters. The number of hydrogen-bond donors (Lipinski definition) is 0. The summed E-state index contributed by atoms with van der Waals surface area (Å²) in [6.07, 6.45) is 2.73. The van der Waals surface area contributed by atoms with Gasteiger partial charge in [-0.3, -0.25) is 4.79 Å². The van der Waals surface area contributed by atoms with E-state index in [1.165, 1.54) is 12.2 Å². The second kappa shape index (κ2) is 9.94. The fourth-order valence-corrected chi connectivity index (χ4v) is 3.48. The Morgan fingerprint density at radius 2 is 1.83 bits per heavy atom. The summed E-state index contributed by atoms with van der Waals surface area (Å²) in [6.45, 7) is 1.78. The summed E-state index contributed by atoms with van der Waals surface area (Å²) in [5, 5.41) is 5.80. The summed E-state index contributed by atoms with van der Waals surface area (Å²) in [4.78, 5) is 24.0. The van der Waals surface area contributed by atoms with Gasteiger partial charge < -0.3 is 4.74 Å². The van der Waals surface area contributed by atoms with E-state index >= 15 is 0 Å². The highest BCUT2D eigenvalue weighted by molar-refractivity contribution is 6.35. The van der Waals surface area contributed by atoms with Gasteiger partial charge in [-0.2, -0.15) is 5.10 Å². The maximum Gasteiger partial charge on any atom is 0.331 e. The van der Waals surface area contributed by atoms with Crippen LogP contribution in [0.15, 0.2) is 54.6 Å². The van der Waals surface area contributed by atoms with E-state index in [4.69, 9.17) is 39.5 Å². The van der Waals surface area contributed by atoms with Crippen molar-refractivity contribution in [1.82, 2.24) is 9.78 Å². The van der Waals surface area contributed by atoms with Crippen LogP contribution in [0.5, 0.6) is 0 Å². The van der Waals surface area contributed by atoms with E-state index in [9.17, 15) is 9.59 Å². The Labute approximate surface area is 188 Å². The molecule has 0 bridgehead atoms. The van der Waals surface area contributed by atoms with Crippen LogP contribution in [0.2, 0.25) is 15.2 Å². The average Bonchev–Trinajstić information content (AvgIpc) is 3.00. The van der Waals surface area contributed by atoms with Gasteiger partial charge in [0.15, 0.2) is 12.4 Å². The van der Waals surface area contributed by atoms with Crippen LogP contribution >= 0.6 is 34.8 Å². The molecule has 5 nitrogen and oxygen atoms in total. The van der Waals surface area contributed by atoms with Gasteiger partial charge in [-0.1, -0.05) is 71.2 Å². The molecule has 1 heterocycles. The molecule has 3 aromatic rings. The predicted molar refractivity (Wildman–Crippen MR) is 118 cm³/mol. The van der Waals surface area contributed by atoms with E-state index in [-0.39, 0.29) is 12.4 Å². The zero-order valence-corrected chi connectivity index (χ0v) is 18.2. The maximum absolute atomic E-state index is 12.0. The van der Waals surface area contributed by atoms with E-state index in [2.05, 4.69) is 5.10 Å². The highest BCUT2D eigenvalue weighted by Crippen LogP contribution is 2.26. The SMILES string of the molecule is Cc1nn(Cc2ccc(Cl)cc2Cl)c(Cl)c1C=CC(=O)OCC(=O)c1ccccc1. The van der Waals surface area contributed by atoms with Crippen LogP contribution in [0.1, 0.15) is 27.2 Å². The maximum atomic E-state index is 12.0. The molecule has 2 aromatic carbocycles. The van der Waals surface area contributed by atoms with E-state index in [0.717, 1.165) is 5.56 Å². The molecule has 0 fully saturated rings. The van der Waals surface area contributed by atoms with Crippen molar-refractivity contribution < 1.29 is 14.3 Å². The van der Waals surface area contributed by atoms with Crippen molar-refractivity contribution >= 4 is 52.6 Å². The van der Waals surface area contributed by atoms with Crippen LogP contribution in [0.4, 0.5) is 0 Å². The van der Waals surface area contributed by atoms with Crippen molar-refractivity contribution in [2.75, 3.05) is 6.61 Å². The van der Waals surface area contributed by atoms with Crippen LogP contribution in [-0.2, 0) is 16.1 Å². The van der Waals surface area contributed by atoms with E-state index in [1.807, 2.05) is 0 Å². The van der Waals surface area contributed by atoms with Gasteiger partial charge in [0.25, 0.3) is 0 Å². The number of rotatable bonds is 7. The topological polar surface area (TPSA) is 61.2 Å². The molecule has 154 valence electrons. The third-order valence-electron chi connectivity index (χ3n) is 4.27. The first-order valence-electron chi connectivity index (χ1n) is 8.95. The molecule has 30 heavy (non-hydrogen) atoms. The summed E-state index contributed by atoms with van der Waals surface area (Å²) in [5.74, 6) is -0.928. The Bertz CT molecular complexity index is 1110. The zero-order chi connectivity index (χ0) is 21.7. The first-order chi connectivity index (χ1) is 14.3. The fourth-order valence-electron chi connectivity index (χ4n) is 2.72. The molecule has 0 spiro atoms. The normalized spacial score (nSPS) is 11.1. The molecule has 0 saturated heterocycles. The van der Waals surface area contributed by atoms with Crippen LogP contribution < -0.4 is 0 Å². The summed E-state index contributed by atoms with van der Waals surface area (Å²) in [7, 11) is 0. The number of Topliss-reactive ketones (excluding diaryl/α,β-unsaturated/α-hetero) is 1. The van der Waals surface area contributed by atoms with Crippen molar-refractivity contribution in [3.05, 3.63) is 92.2 Å². The quantitative estimate of drug-likeness (QED) is 0.258. The third kappa shape index (κ3) is 5.51. The summed E-state index contributed by atoms with van der Waals surface area (Å²) in [5.41, 5.74) is 2.50. The second-order valence-electron chi connectivity index (χ2n) is 6.41. The predicted octanol–water partition coefficient (Wildman–Crippen LogP) is 5.64. The number of hydrogen-bond acceptors (Lipinski definition) is 4. The summed E-state index contributed by atoms with van der Waals surface area (Å²) >= 11 is 18.6. The van der Waals surface area contributed by atoms with Gasteiger partial charge in [-0.25, -0.2) is 9.48 Å². The lowest BCUT2D eigenvalue weighted by molar-refractivity contribution is -0.136. The summed E-state index contributed by atoms with van der Waals surface area (Å²) < 4.78 is 6.59. The van der Waals surface area contributed by atoms with Gasteiger partial charge in [0.2, 0.25) is 0 Å². The van der Waals surface area contributed by atoms with Gasteiger partial charge in [-0.05, 0) is 30.7 Å². The molecule has 0 radical (unpaired) electrons. The molecule has 8 heteroatoms. The zero-order valence-electron chi connectivity index (χ0n) is 15.9. The van der Waals surface area contributed by atoms with Gasteiger partial charge in [-0.15, -0.1) is 0 Å². The number of aryl methyl sites for hydroxylation is 1. The second-order valence-corrected chi connectivity index (χ2v) is 7.62. The molecule has 0 unspecified atom stereocenters. The van der Waals surface area contributed by atoms with Gasteiger partial charge in [0, 0.05) is 27.2 Å². The van der Waals surface area contributed by atoms with Crippen molar-refractivity contribution in [2.24, 2.45) is 0 Å². The van der Waals surface area contributed by atoms with Crippen molar-refractivity contribution in [3.63, 3.8) is 0 Å². The number of carbonyl (C=O) groups excluding carboxylic acids is 2. The third-order valence-corrected chi connectivity index (χ3v) is 5.26. The Morgan fingerprint density at radius 3 is 2.53 bits per heavy atom. The number of halogens is 3. The summed E-state index contributed by atoms with van der Waals surface area (Å²) in [6, 6.07) is 13.8. The lowest BCUT2D eigenvalue weighted by atomic mass is 10.1. The first kappa shape index (κ1) is 22.1. The van der Waals surface area contributed by atoms with Crippen LogP contribution in [-0.4, -0.2) is 28.1 Å². The lowest BCUT2D eigenvalue weighted by Crippen LogP contribution is -2.12. The Hall–Kier alpha value is -2.60. The average molecular weight is 464 g/mol. The van der Waals surface area contributed by atoms with Crippen molar-refractivity contribution in [1.29, 1.82) is 0 Å². The first-order valence-corrected chi connectivity index (χ1v) is 10.1. The molecule has 0 saturated carbocycles. The van der Waals surface area contributed by atoms with Gasteiger partial charge in [0.1, 0.15) is 5.15 Å². The monoisotopic (exact) mass is 462 g/mol. The number of benzene rings is 2. The largest absolute Gasteiger partial charge is 0.454 e. The lowest BCUT2D eigenvalue weighted by Gasteiger charge is -2.06. The fraction of sp³-hybridized carbons (Fsp3) is 0.136. The molecule has 1 aromatic heterocycles. The Morgan fingerprint density at radius 1 is 1.10 bits per heavy atom. The highest BCUT2D eigenvalue weighted by atomic mass is 35.5. The van der Waals surface area contributed by atoms with E-state index < -0.39 is 5.97 Å². The minimum atomic E-state index is -0.650. The van der Waals surface area contributed by atoms with Crippen LogP contribution in [0.25, 0.3) is 6.08 Å². The number of nitrogens with zero attached hydrogens (tertiary/aromatic N) is 2. The molecule has 0 aliphatic carbocycles. The number of ketones is 1. The van der Waals surface area contributed by atoms with E-state index in [1.54, 1.807) is 60.1 Å². The highest BCUT2D eigenvalue weighted by Gasteiger charge is 2.14. The number of carbonyl (C=O) groups is 2. The molecular weight excluding hydrogens is 447 g/mol. The minimum absolute atomic E-state index is 0.278. The minimum Gasteiger partial charge on any atom is -0.454 e. The Balaban J connectivity index is 1.65. The number of ether oxygens (including phenoxy) is 1. The van der Waals surface area contributed by atoms with Crippen molar-refractivity contribution in [2.45, 2.75) is 13.5 Å². The Kier molecular flexibility index (Phi) is 7.32. The molecule has 3 rings (SSSR count). The molecule has 0 aliphatic heterocycles. The smallest absolute Gasteiger partial charge is 0.331 e.